The monoisotopic (exact) mass is 251 g/mol. The Hall–Kier alpha value is -1.58. The van der Waals surface area contributed by atoms with Crippen molar-refractivity contribution in [1.82, 2.24) is 0 Å². The third kappa shape index (κ3) is 2.63. The predicted molar refractivity (Wildman–Crippen MR) is 68.1 cm³/mol. The molecule has 0 spiro atoms. The van der Waals surface area contributed by atoms with Gasteiger partial charge in [-0.1, -0.05) is 37.8 Å². The first-order valence-electron chi connectivity index (χ1n) is 6.40. The molecule has 98 valence electrons. The highest BCUT2D eigenvalue weighted by atomic mass is 19.1. The largest absolute Gasteiger partial charge is 0.480 e. The van der Waals surface area contributed by atoms with Crippen LogP contribution in [0.1, 0.15) is 38.5 Å². The van der Waals surface area contributed by atoms with Crippen LogP contribution in [0.2, 0.25) is 0 Å². The van der Waals surface area contributed by atoms with E-state index in [-0.39, 0.29) is 5.69 Å². The Labute approximate surface area is 106 Å². The summed E-state index contributed by atoms with van der Waals surface area (Å²) in [7, 11) is 0. The fraction of sp³-hybridized carbons (Fsp3) is 0.500. The number of anilines is 1. The molecule has 0 bridgehead atoms. The molecule has 2 rings (SSSR count). The van der Waals surface area contributed by atoms with E-state index in [9.17, 15) is 14.3 Å². The number of carbonyl (C=O) groups is 1. The van der Waals surface area contributed by atoms with Gasteiger partial charge in [-0.3, -0.25) is 0 Å². The number of hydrogen-bond donors (Lipinski definition) is 2. The molecule has 1 aliphatic carbocycles. The van der Waals surface area contributed by atoms with E-state index in [0.29, 0.717) is 12.8 Å². The molecule has 0 aromatic heterocycles. The van der Waals surface area contributed by atoms with E-state index in [0.717, 1.165) is 25.7 Å². The highest BCUT2D eigenvalue weighted by Gasteiger charge is 2.38. The Morgan fingerprint density at radius 3 is 2.33 bits per heavy atom. The molecule has 0 aliphatic heterocycles. The molecule has 1 fully saturated rings. The Balaban J connectivity index is 2.25. The van der Waals surface area contributed by atoms with E-state index >= 15 is 0 Å². The van der Waals surface area contributed by atoms with Crippen LogP contribution in [0.4, 0.5) is 10.1 Å². The average Bonchev–Trinajstić information content (AvgIpc) is 2.59. The first-order chi connectivity index (χ1) is 8.64. The normalized spacial score (nSPS) is 18.9. The summed E-state index contributed by atoms with van der Waals surface area (Å²) in [6.45, 7) is 0. The molecule has 0 amide bonds. The lowest BCUT2D eigenvalue weighted by Crippen LogP contribution is -2.46. The molecule has 0 saturated heterocycles. The number of rotatable bonds is 3. The van der Waals surface area contributed by atoms with Crippen LogP contribution in [0.15, 0.2) is 24.3 Å². The topological polar surface area (TPSA) is 49.3 Å². The van der Waals surface area contributed by atoms with Crippen LogP contribution in [-0.4, -0.2) is 16.6 Å². The molecule has 1 aliphatic rings. The van der Waals surface area contributed by atoms with Gasteiger partial charge in [-0.2, -0.15) is 0 Å². The molecular weight excluding hydrogens is 233 g/mol. The molecule has 3 nitrogen and oxygen atoms in total. The van der Waals surface area contributed by atoms with Crippen molar-refractivity contribution in [3.8, 4) is 0 Å². The minimum absolute atomic E-state index is 0.279. The average molecular weight is 251 g/mol. The van der Waals surface area contributed by atoms with Crippen LogP contribution in [-0.2, 0) is 4.79 Å². The lowest BCUT2D eigenvalue weighted by Gasteiger charge is -2.30. The summed E-state index contributed by atoms with van der Waals surface area (Å²) in [5.41, 5.74) is -0.736. The van der Waals surface area contributed by atoms with Crippen LogP contribution < -0.4 is 5.32 Å². The first kappa shape index (κ1) is 12.9. The first-order valence-corrected chi connectivity index (χ1v) is 6.40. The third-order valence-electron chi connectivity index (χ3n) is 3.61. The lowest BCUT2D eigenvalue weighted by molar-refractivity contribution is -0.142. The highest BCUT2D eigenvalue weighted by molar-refractivity contribution is 5.82. The number of para-hydroxylation sites is 1. The van der Waals surface area contributed by atoms with Crippen molar-refractivity contribution < 1.29 is 14.3 Å². The van der Waals surface area contributed by atoms with Crippen LogP contribution in [0.3, 0.4) is 0 Å². The molecule has 0 heterocycles. The zero-order valence-corrected chi connectivity index (χ0v) is 10.3. The minimum atomic E-state index is -1.02. The molecule has 1 aromatic carbocycles. The zero-order chi connectivity index (χ0) is 13.0. The van der Waals surface area contributed by atoms with Crippen LogP contribution in [0, 0.1) is 5.82 Å². The molecule has 0 radical (unpaired) electrons. The summed E-state index contributed by atoms with van der Waals surface area (Å²) in [6.07, 6.45) is 4.94. The maximum Gasteiger partial charge on any atom is 0.329 e. The van der Waals surface area contributed by atoms with Gasteiger partial charge in [0.1, 0.15) is 11.4 Å². The molecular formula is C14H18FNO2. The summed E-state index contributed by atoms with van der Waals surface area (Å²) in [4.78, 5) is 11.6. The second kappa shape index (κ2) is 5.38. The predicted octanol–water partition coefficient (Wildman–Crippen LogP) is 3.42. The van der Waals surface area contributed by atoms with Crippen molar-refractivity contribution in [2.75, 3.05) is 5.32 Å². The maximum absolute atomic E-state index is 13.6. The number of carboxylic acid groups (broad SMARTS) is 1. The number of aliphatic carboxylic acids is 1. The Bertz CT molecular complexity index is 426. The summed E-state index contributed by atoms with van der Waals surface area (Å²) in [5.74, 6) is -1.28. The van der Waals surface area contributed by atoms with Gasteiger partial charge >= 0.3 is 5.97 Å². The van der Waals surface area contributed by atoms with Crippen LogP contribution in [0.25, 0.3) is 0 Å². The van der Waals surface area contributed by atoms with Crippen molar-refractivity contribution in [3.05, 3.63) is 30.1 Å². The van der Waals surface area contributed by atoms with Crippen LogP contribution >= 0.6 is 0 Å². The third-order valence-corrected chi connectivity index (χ3v) is 3.61. The fourth-order valence-electron chi connectivity index (χ4n) is 2.54. The van der Waals surface area contributed by atoms with Crippen LogP contribution in [0.5, 0.6) is 0 Å². The number of hydrogen-bond acceptors (Lipinski definition) is 2. The fourth-order valence-corrected chi connectivity index (χ4v) is 2.54. The van der Waals surface area contributed by atoms with Crippen molar-refractivity contribution in [2.45, 2.75) is 44.1 Å². The zero-order valence-electron chi connectivity index (χ0n) is 10.3. The minimum Gasteiger partial charge on any atom is -0.480 e. The van der Waals surface area contributed by atoms with Gasteiger partial charge in [0.05, 0.1) is 5.69 Å². The van der Waals surface area contributed by atoms with Gasteiger partial charge in [0.25, 0.3) is 0 Å². The van der Waals surface area contributed by atoms with Gasteiger partial charge < -0.3 is 10.4 Å². The summed E-state index contributed by atoms with van der Waals surface area (Å²) in [6, 6.07) is 6.23. The van der Waals surface area contributed by atoms with Gasteiger partial charge in [0.2, 0.25) is 0 Å². The van der Waals surface area contributed by atoms with Crippen molar-refractivity contribution in [1.29, 1.82) is 0 Å². The second-order valence-corrected chi connectivity index (χ2v) is 4.91. The number of benzene rings is 1. The van der Waals surface area contributed by atoms with E-state index in [4.69, 9.17) is 0 Å². The van der Waals surface area contributed by atoms with E-state index in [1.54, 1.807) is 18.2 Å². The quantitative estimate of drug-likeness (QED) is 0.809. The molecule has 18 heavy (non-hydrogen) atoms. The van der Waals surface area contributed by atoms with Gasteiger partial charge in [-0.15, -0.1) is 0 Å². The number of halogens is 1. The Morgan fingerprint density at radius 2 is 1.78 bits per heavy atom. The maximum atomic E-state index is 13.6. The summed E-state index contributed by atoms with van der Waals surface area (Å²) < 4.78 is 13.6. The standard InChI is InChI=1S/C14H18FNO2/c15-11-7-3-4-8-12(11)16-14(13(17)18)9-5-1-2-6-10-14/h3-4,7-8,16H,1-2,5-6,9-10H2,(H,17,18). The second-order valence-electron chi connectivity index (χ2n) is 4.91. The highest BCUT2D eigenvalue weighted by Crippen LogP contribution is 2.31. The van der Waals surface area contributed by atoms with Gasteiger partial charge in [0.15, 0.2) is 0 Å². The smallest absolute Gasteiger partial charge is 0.329 e. The van der Waals surface area contributed by atoms with Crippen molar-refractivity contribution in [3.63, 3.8) is 0 Å². The van der Waals surface area contributed by atoms with E-state index < -0.39 is 17.3 Å². The number of carboxylic acids is 1. The molecule has 0 unspecified atom stereocenters. The van der Waals surface area contributed by atoms with E-state index in [1.807, 2.05) is 0 Å². The van der Waals surface area contributed by atoms with Gasteiger partial charge in [-0.25, -0.2) is 9.18 Å². The molecule has 1 saturated carbocycles. The molecule has 1 aromatic rings. The molecule has 2 N–H and O–H groups in total. The Kier molecular flexibility index (Phi) is 3.84. The van der Waals surface area contributed by atoms with E-state index in [1.165, 1.54) is 6.07 Å². The van der Waals surface area contributed by atoms with E-state index in [2.05, 4.69) is 5.32 Å². The summed E-state index contributed by atoms with van der Waals surface area (Å²) >= 11 is 0. The molecule has 0 atom stereocenters. The van der Waals surface area contributed by atoms with Gasteiger partial charge in [0, 0.05) is 0 Å². The van der Waals surface area contributed by atoms with Crippen molar-refractivity contribution >= 4 is 11.7 Å². The SMILES string of the molecule is O=C(O)C1(Nc2ccccc2F)CCCCCC1. The number of nitrogens with one attached hydrogen (secondary N) is 1. The van der Waals surface area contributed by atoms with Crippen molar-refractivity contribution in [2.24, 2.45) is 0 Å². The summed E-state index contributed by atoms with van der Waals surface area (Å²) in [5, 5.41) is 12.4. The lowest BCUT2D eigenvalue weighted by atomic mass is 9.90. The Morgan fingerprint density at radius 1 is 1.17 bits per heavy atom. The van der Waals surface area contributed by atoms with Gasteiger partial charge in [-0.05, 0) is 25.0 Å². The molecule has 4 heteroatoms.